The number of anilines is 1. The molecular weight excluding hydrogens is 296 g/mol. The smallest absolute Gasteiger partial charge is 0.290 e. The Morgan fingerprint density at radius 3 is 2.36 bits per heavy atom. The Morgan fingerprint density at radius 1 is 1.00 bits per heavy atom. The van der Waals surface area contributed by atoms with Gasteiger partial charge in [0, 0.05) is 12.2 Å². The Kier molecular flexibility index (Phi) is 4.25. The van der Waals surface area contributed by atoms with E-state index in [1.807, 2.05) is 42.5 Å². The highest BCUT2D eigenvalue weighted by atomic mass is 32.2. The van der Waals surface area contributed by atoms with E-state index in [0.717, 1.165) is 29.6 Å². The normalized spacial score (nSPS) is 15.9. The number of amides is 2. The maximum Gasteiger partial charge on any atom is 0.290 e. The van der Waals surface area contributed by atoms with E-state index >= 15 is 0 Å². The van der Waals surface area contributed by atoms with Crippen LogP contribution in [0.25, 0.3) is 6.08 Å². The SMILES string of the molecule is O=C1NC(=O)/C(=C\c2ccc(NCc3ccccc3)cc2)S1. The molecule has 0 unspecified atom stereocenters. The number of hydrogen-bond acceptors (Lipinski definition) is 4. The maximum absolute atomic E-state index is 11.5. The number of carbonyl (C=O) groups is 2. The van der Waals surface area contributed by atoms with Crippen molar-refractivity contribution in [3.8, 4) is 0 Å². The lowest BCUT2D eigenvalue weighted by molar-refractivity contribution is -0.115. The molecule has 1 heterocycles. The summed E-state index contributed by atoms with van der Waals surface area (Å²) < 4.78 is 0. The molecule has 0 atom stereocenters. The van der Waals surface area contributed by atoms with Crippen LogP contribution in [-0.4, -0.2) is 11.1 Å². The number of benzene rings is 2. The van der Waals surface area contributed by atoms with E-state index in [2.05, 4.69) is 22.8 Å². The molecule has 2 N–H and O–H groups in total. The van der Waals surface area contributed by atoms with Gasteiger partial charge in [0.2, 0.25) is 0 Å². The van der Waals surface area contributed by atoms with Gasteiger partial charge in [-0.15, -0.1) is 0 Å². The van der Waals surface area contributed by atoms with Gasteiger partial charge in [-0.25, -0.2) is 0 Å². The lowest BCUT2D eigenvalue weighted by Gasteiger charge is -2.06. The summed E-state index contributed by atoms with van der Waals surface area (Å²) in [7, 11) is 0. The summed E-state index contributed by atoms with van der Waals surface area (Å²) in [6.07, 6.45) is 1.71. The van der Waals surface area contributed by atoms with E-state index in [1.165, 1.54) is 5.56 Å². The summed E-state index contributed by atoms with van der Waals surface area (Å²) in [5.41, 5.74) is 3.11. The van der Waals surface area contributed by atoms with E-state index in [-0.39, 0.29) is 11.1 Å². The zero-order valence-corrected chi connectivity index (χ0v) is 12.5. The highest BCUT2D eigenvalue weighted by Gasteiger charge is 2.24. The van der Waals surface area contributed by atoms with Crippen molar-refractivity contribution < 1.29 is 9.59 Å². The van der Waals surface area contributed by atoms with Crippen LogP contribution in [0.5, 0.6) is 0 Å². The molecular formula is C17H14N2O2S. The average Bonchev–Trinajstić information content (AvgIpc) is 2.85. The molecule has 2 aromatic carbocycles. The largest absolute Gasteiger partial charge is 0.381 e. The Morgan fingerprint density at radius 2 is 1.73 bits per heavy atom. The third-order valence-electron chi connectivity index (χ3n) is 3.19. The van der Waals surface area contributed by atoms with Crippen molar-refractivity contribution >= 4 is 34.7 Å². The van der Waals surface area contributed by atoms with Crippen molar-refractivity contribution in [2.45, 2.75) is 6.54 Å². The minimum atomic E-state index is -0.332. The molecule has 1 fully saturated rings. The first-order valence-electron chi connectivity index (χ1n) is 6.83. The minimum absolute atomic E-state index is 0.322. The fourth-order valence-corrected chi connectivity index (χ4v) is 2.75. The predicted molar refractivity (Wildman–Crippen MR) is 89.3 cm³/mol. The number of carbonyl (C=O) groups excluding carboxylic acids is 2. The summed E-state index contributed by atoms with van der Waals surface area (Å²) in [6.45, 7) is 0.758. The molecule has 4 nitrogen and oxygen atoms in total. The van der Waals surface area contributed by atoms with Gasteiger partial charge < -0.3 is 5.32 Å². The van der Waals surface area contributed by atoms with E-state index in [4.69, 9.17) is 0 Å². The van der Waals surface area contributed by atoms with E-state index in [1.54, 1.807) is 6.08 Å². The Hall–Kier alpha value is -2.53. The molecule has 0 radical (unpaired) electrons. The van der Waals surface area contributed by atoms with Gasteiger partial charge in [0.25, 0.3) is 11.1 Å². The van der Waals surface area contributed by atoms with E-state index in [9.17, 15) is 9.59 Å². The van der Waals surface area contributed by atoms with Crippen LogP contribution in [0, 0.1) is 0 Å². The van der Waals surface area contributed by atoms with Crippen LogP contribution in [-0.2, 0) is 11.3 Å². The van der Waals surface area contributed by atoms with Gasteiger partial charge in [-0.1, -0.05) is 42.5 Å². The van der Waals surface area contributed by atoms with Crippen LogP contribution in [0.3, 0.4) is 0 Å². The summed E-state index contributed by atoms with van der Waals surface area (Å²) in [6, 6.07) is 17.9. The second kappa shape index (κ2) is 6.49. The molecule has 1 aliphatic heterocycles. The fourth-order valence-electron chi connectivity index (χ4n) is 2.07. The number of imide groups is 1. The molecule has 22 heavy (non-hydrogen) atoms. The van der Waals surface area contributed by atoms with E-state index in [0.29, 0.717) is 4.91 Å². The third-order valence-corrected chi connectivity index (χ3v) is 4.00. The molecule has 0 aromatic heterocycles. The minimum Gasteiger partial charge on any atom is -0.381 e. The van der Waals surface area contributed by atoms with Crippen molar-refractivity contribution in [1.82, 2.24) is 5.32 Å². The molecule has 0 bridgehead atoms. The summed E-state index contributed by atoms with van der Waals surface area (Å²) in [5, 5.41) is 5.26. The molecule has 1 saturated heterocycles. The van der Waals surface area contributed by atoms with Crippen LogP contribution in [0.4, 0.5) is 10.5 Å². The summed E-state index contributed by atoms with van der Waals surface area (Å²) in [4.78, 5) is 23.0. The van der Waals surface area contributed by atoms with Crippen molar-refractivity contribution in [3.63, 3.8) is 0 Å². The molecule has 0 aliphatic carbocycles. The van der Waals surface area contributed by atoms with Gasteiger partial charge in [0.1, 0.15) is 0 Å². The number of nitrogens with one attached hydrogen (secondary N) is 2. The van der Waals surface area contributed by atoms with Crippen molar-refractivity contribution in [2.24, 2.45) is 0 Å². The van der Waals surface area contributed by atoms with Gasteiger partial charge in [0.05, 0.1) is 4.91 Å². The van der Waals surface area contributed by atoms with Crippen LogP contribution >= 0.6 is 11.8 Å². The monoisotopic (exact) mass is 310 g/mol. The van der Waals surface area contributed by atoms with Crippen LogP contribution in [0.15, 0.2) is 59.5 Å². The predicted octanol–water partition coefficient (Wildman–Crippen LogP) is 3.62. The lowest BCUT2D eigenvalue weighted by atomic mass is 10.1. The molecule has 3 rings (SSSR count). The molecule has 0 spiro atoms. The first kappa shape index (κ1) is 14.4. The molecule has 2 aromatic rings. The summed E-state index contributed by atoms with van der Waals surface area (Å²) >= 11 is 0.926. The number of hydrogen-bond donors (Lipinski definition) is 2. The van der Waals surface area contributed by atoms with Crippen molar-refractivity contribution in [3.05, 3.63) is 70.6 Å². The molecule has 2 amide bonds. The highest BCUT2D eigenvalue weighted by Crippen LogP contribution is 2.25. The van der Waals surface area contributed by atoms with Crippen LogP contribution in [0.2, 0.25) is 0 Å². The topological polar surface area (TPSA) is 58.2 Å². The van der Waals surface area contributed by atoms with Gasteiger partial charge in [0.15, 0.2) is 0 Å². The molecule has 1 aliphatic rings. The van der Waals surface area contributed by atoms with Gasteiger partial charge in [-0.3, -0.25) is 14.9 Å². The Bertz CT molecular complexity index is 724. The average molecular weight is 310 g/mol. The van der Waals surface area contributed by atoms with Crippen molar-refractivity contribution in [1.29, 1.82) is 0 Å². The second-order valence-electron chi connectivity index (χ2n) is 4.81. The standard InChI is InChI=1S/C17H14N2O2S/c20-16-15(22-17(21)19-16)10-12-6-8-14(9-7-12)18-11-13-4-2-1-3-5-13/h1-10,18H,11H2,(H,19,20,21)/b15-10+. The Balaban J connectivity index is 1.64. The highest BCUT2D eigenvalue weighted by molar-refractivity contribution is 8.18. The first-order valence-corrected chi connectivity index (χ1v) is 7.65. The molecule has 110 valence electrons. The molecule has 5 heteroatoms. The zero-order chi connectivity index (χ0) is 15.4. The van der Waals surface area contributed by atoms with Gasteiger partial charge >= 0.3 is 0 Å². The zero-order valence-electron chi connectivity index (χ0n) is 11.7. The van der Waals surface area contributed by atoms with Crippen LogP contribution < -0.4 is 10.6 Å². The van der Waals surface area contributed by atoms with Gasteiger partial charge in [-0.05, 0) is 41.1 Å². The third kappa shape index (κ3) is 3.56. The lowest BCUT2D eigenvalue weighted by Crippen LogP contribution is -2.17. The Labute approximate surface area is 132 Å². The second-order valence-corrected chi connectivity index (χ2v) is 5.83. The summed E-state index contributed by atoms with van der Waals surface area (Å²) in [5.74, 6) is -0.332. The van der Waals surface area contributed by atoms with Crippen LogP contribution in [0.1, 0.15) is 11.1 Å². The number of thioether (sulfide) groups is 1. The van der Waals surface area contributed by atoms with Gasteiger partial charge in [-0.2, -0.15) is 0 Å². The first-order chi connectivity index (χ1) is 10.7. The van der Waals surface area contributed by atoms with Crippen molar-refractivity contribution in [2.75, 3.05) is 5.32 Å². The van der Waals surface area contributed by atoms with E-state index < -0.39 is 0 Å². The fraction of sp³-hybridized carbons (Fsp3) is 0.0588. The quantitative estimate of drug-likeness (QED) is 0.847. The number of rotatable bonds is 4. The maximum atomic E-state index is 11.5. The molecule has 0 saturated carbocycles.